The average Bonchev–Trinajstić information content (AvgIpc) is 2.50. The number of hydrogen-bond donors (Lipinski definition) is 1. The van der Waals surface area contributed by atoms with Crippen LogP contribution in [-0.2, 0) is 4.79 Å². The van der Waals surface area contributed by atoms with Gasteiger partial charge in [0, 0.05) is 6.54 Å². The van der Waals surface area contributed by atoms with Crippen LogP contribution < -0.4 is 5.32 Å². The number of imide groups is 1. The highest BCUT2D eigenvalue weighted by molar-refractivity contribution is 6.07. The number of nitrogens with zero attached hydrogens (tertiary/aromatic N) is 1. The van der Waals surface area contributed by atoms with E-state index in [4.69, 9.17) is 0 Å². The molecule has 0 unspecified atom stereocenters. The minimum atomic E-state index is -0.554. The molecule has 1 saturated heterocycles. The van der Waals surface area contributed by atoms with E-state index in [1.54, 1.807) is 0 Å². The third-order valence-corrected chi connectivity index (χ3v) is 3.94. The molecule has 3 amide bonds. The van der Waals surface area contributed by atoms with Crippen LogP contribution in [0.25, 0.3) is 0 Å². The van der Waals surface area contributed by atoms with Crippen molar-refractivity contribution in [1.29, 1.82) is 0 Å². The Morgan fingerprint density at radius 3 is 2.41 bits per heavy atom. The summed E-state index contributed by atoms with van der Waals surface area (Å²) in [5.74, 6) is 0.0258. The lowest BCUT2D eigenvalue weighted by Gasteiger charge is -2.24. The highest BCUT2D eigenvalue weighted by Gasteiger charge is 2.50. The van der Waals surface area contributed by atoms with Crippen molar-refractivity contribution in [3.63, 3.8) is 0 Å². The second kappa shape index (κ2) is 5.07. The summed E-state index contributed by atoms with van der Waals surface area (Å²) in [6, 6.07) is -0.176. The molecule has 2 aliphatic rings. The van der Waals surface area contributed by atoms with Crippen molar-refractivity contribution in [2.75, 3.05) is 6.54 Å². The molecule has 0 atom stereocenters. The molecule has 17 heavy (non-hydrogen) atoms. The van der Waals surface area contributed by atoms with Gasteiger partial charge < -0.3 is 5.32 Å². The van der Waals surface area contributed by atoms with Crippen molar-refractivity contribution < 1.29 is 9.59 Å². The predicted octanol–water partition coefficient (Wildman–Crippen LogP) is 2.43. The monoisotopic (exact) mass is 238 g/mol. The molecule has 0 aromatic rings. The van der Waals surface area contributed by atoms with Gasteiger partial charge in [-0.25, -0.2) is 4.79 Å². The molecule has 0 aromatic carbocycles. The van der Waals surface area contributed by atoms with Crippen LogP contribution in [0.2, 0.25) is 0 Å². The predicted molar refractivity (Wildman–Crippen MR) is 65.6 cm³/mol. The van der Waals surface area contributed by atoms with Gasteiger partial charge in [0.05, 0.1) is 0 Å². The molecule has 1 N–H and O–H groups in total. The third kappa shape index (κ3) is 2.31. The van der Waals surface area contributed by atoms with Crippen molar-refractivity contribution in [3.05, 3.63) is 0 Å². The highest BCUT2D eigenvalue weighted by Crippen LogP contribution is 2.32. The summed E-state index contributed by atoms with van der Waals surface area (Å²) in [6.45, 7) is 2.64. The van der Waals surface area contributed by atoms with Gasteiger partial charge in [-0.1, -0.05) is 39.0 Å². The van der Waals surface area contributed by atoms with Crippen LogP contribution in [0.1, 0.15) is 58.3 Å². The summed E-state index contributed by atoms with van der Waals surface area (Å²) in [5, 5.41) is 2.96. The average molecular weight is 238 g/mol. The van der Waals surface area contributed by atoms with E-state index in [0.29, 0.717) is 6.54 Å². The zero-order valence-corrected chi connectivity index (χ0v) is 10.6. The molecule has 1 aliphatic heterocycles. The van der Waals surface area contributed by atoms with Gasteiger partial charge in [-0.3, -0.25) is 9.69 Å². The van der Waals surface area contributed by atoms with Gasteiger partial charge in [0.15, 0.2) is 0 Å². The minimum Gasteiger partial charge on any atom is -0.323 e. The van der Waals surface area contributed by atoms with Crippen LogP contribution in [0.5, 0.6) is 0 Å². The summed E-state index contributed by atoms with van der Waals surface area (Å²) >= 11 is 0. The lowest BCUT2D eigenvalue weighted by molar-refractivity contribution is -0.131. The van der Waals surface area contributed by atoms with Crippen LogP contribution in [0.15, 0.2) is 0 Å². The molecular weight excluding hydrogens is 216 g/mol. The number of hydrogen-bond acceptors (Lipinski definition) is 2. The maximum absolute atomic E-state index is 12.4. The third-order valence-electron chi connectivity index (χ3n) is 3.94. The number of nitrogens with one attached hydrogen (secondary N) is 1. The molecule has 4 nitrogen and oxygen atoms in total. The van der Waals surface area contributed by atoms with Gasteiger partial charge in [-0.05, 0) is 19.3 Å². The Morgan fingerprint density at radius 1 is 1.18 bits per heavy atom. The second-order valence-electron chi connectivity index (χ2n) is 5.24. The molecule has 1 heterocycles. The van der Waals surface area contributed by atoms with Crippen LogP contribution in [0.3, 0.4) is 0 Å². The zero-order chi connectivity index (χ0) is 12.3. The van der Waals surface area contributed by atoms with Gasteiger partial charge in [0.1, 0.15) is 5.54 Å². The molecule has 1 spiro atoms. The largest absolute Gasteiger partial charge is 0.325 e. The molecule has 2 fully saturated rings. The zero-order valence-electron chi connectivity index (χ0n) is 10.6. The number of rotatable bonds is 3. The van der Waals surface area contributed by atoms with Gasteiger partial charge in [0.25, 0.3) is 5.91 Å². The Morgan fingerprint density at radius 2 is 1.82 bits per heavy atom. The fraction of sp³-hybridized carbons (Fsp3) is 0.846. The topological polar surface area (TPSA) is 49.4 Å². The molecule has 0 aromatic heterocycles. The molecular formula is C13H22N2O2. The first-order chi connectivity index (χ1) is 8.19. The first-order valence-corrected chi connectivity index (χ1v) is 6.84. The Labute approximate surface area is 103 Å². The van der Waals surface area contributed by atoms with Crippen LogP contribution in [0, 0.1) is 0 Å². The lowest BCUT2D eigenvalue weighted by Crippen LogP contribution is -2.46. The van der Waals surface area contributed by atoms with E-state index < -0.39 is 5.54 Å². The number of carbonyl (C=O) groups excluding carboxylic acids is 2. The van der Waals surface area contributed by atoms with Gasteiger partial charge >= 0.3 is 6.03 Å². The maximum Gasteiger partial charge on any atom is 0.325 e. The first-order valence-electron chi connectivity index (χ1n) is 6.84. The van der Waals surface area contributed by atoms with Gasteiger partial charge in [-0.15, -0.1) is 0 Å². The summed E-state index contributed by atoms with van der Waals surface area (Å²) in [5.41, 5.74) is -0.554. The number of carbonyl (C=O) groups is 2. The van der Waals surface area contributed by atoms with E-state index >= 15 is 0 Å². The summed E-state index contributed by atoms with van der Waals surface area (Å²) in [4.78, 5) is 25.7. The summed E-state index contributed by atoms with van der Waals surface area (Å²) in [7, 11) is 0. The fourth-order valence-electron chi connectivity index (χ4n) is 2.87. The van der Waals surface area contributed by atoms with Crippen molar-refractivity contribution in [1.82, 2.24) is 10.2 Å². The van der Waals surface area contributed by atoms with Gasteiger partial charge in [-0.2, -0.15) is 0 Å². The van der Waals surface area contributed by atoms with Crippen molar-refractivity contribution in [2.45, 2.75) is 63.8 Å². The molecule has 96 valence electrons. The fourth-order valence-corrected chi connectivity index (χ4v) is 2.87. The van der Waals surface area contributed by atoms with E-state index in [2.05, 4.69) is 12.2 Å². The van der Waals surface area contributed by atoms with E-state index in [0.717, 1.165) is 38.5 Å². The standard InChI is InChI=1S/C13H22N2O2/c1-2-3-10-15-11(16)13(14-12(15)17)8-6-4-5-7-9-13/h2-10H2,1H3,(H,14,17). The van der Waals surface area contributed by atoms with E-state index in [-0.39, 0.29) is 11.9 Å². The first kappa shape index (κ1) is 12.4. The summed E-state index contributed by atoms with van der Waals surface area (Å²) in [6.07, 6.45) is 8.00. The quantitative estimate of drug-likeness (QED) is 0.768. The molecule has 0 radical (unpaired) electrons. The lowest BCUT2D eigenvalue weighted by atomic mass is 9.90. The van der Waals surface area contributed by atoms with Crippen LogP contribution in [0.4, 0.5) is 4.79 Å². The Balaban J connectivity index is 2.10. The number of unbranched alkanes of at least 4 members (excludes halogenated alkanes) is 1. The summed E-state index contributed by atoms with van der Waals surface area (Å²) < 4.78 is 0. The second-order valence-corrected chi connectivity index (χ2v) is 5.24. The van der Waals surface area contributed by atoms with Gasteiger partial charge in [0.2, 0.25) is 0 Å². The molecule has 4 heteroatoms. The van der Waals surface area contributed by atoms with Crippen molar-refractivity contribution in [3.8, 4) is 0 Å². The van der Waals surface area contributed by atoms with Crippen molar-refractivity contribution in [2.24, 2.45) is 0 Å². The van der Waals surface area contributed by atoms with Crippen LogP contribution >= 0.6 is 0 Å². The van der Waals surface area contributed by atoms with E-state index in [1.165, 1.54) is 17.7 Å². The van der Waals surface area contributed by atoms with Crippen LogP contribution in [-0.4, -0.2) is 28.9 Å². The van der Waals surface area contributed by atoms with E-state index in [1.807, 2.05) is 0 Å². The molecule has 2 rings (SSSR count). The Bertz CT molecular complexity index is 307. The number of urea groups is 1. The Hall–Kier alpha value is -1.06. The Kier molecular flexibility index (Phi) is 3.69. The van der Waals surface area contributed by atoms with E-state index in [9.17, 15) is 9.59 Å². The van der Waals surface area contributed by atoms with Crippen molar-refractivity contribution >= 4 is 11.9 Å². The molecule has 0 bridgehead atoms. The molecule has 1 saturated carbocycles. The normalized spacial score (nSPS) is 23.9. The SMILES string of the molecule is CCCCN1C(=O)NC2(CCCCCC2)C1=O. The highest BCUT2D eigenvalue weighted by atomic mass is 16.2. The molecule has 1 aliphatic carbocycles. The number of amides is 3. The smallest absolute Gasteiger partial charge is 0.323 e. The maximum atomic E-state index is 12.4. The minimum absolute atomic E-state index is 0.0258.